The van der Waals surface area contributed by atoms with Gasteiger partial charge in [0.2, 0.25) is 5.91 Å². The van der Waals surface area contributed by atoms with Crippen LogP contribution in [0.4, 0.5) is 10.5 Å². The number of carbonyl (C=O) groups excluding carboxylic acids is 2. The highest BCUT2D eigenvalue weighted by atomic mass is 16.6. The molecule has 1 spiro atoms. The number of likely N-dealkylation sites (tertiary alicyclic amines) is 1. The molecule has 3 heterocycles. The standard InChI is InChI=1S/C20H27N3O3/c1-21-14-20(26-19(21)25)10-5-11-22(15-20)13-9-18(24)23-12-4-7-16-6-2-3-8-17(16)23/h2-3,6,8H,4-5,7,9-15H2,1H3/t20-/m1/s1. The number of ether oxygens (including phenoxy) is 1. The number of fused-ring (bicyclic) bond motifs is 1. The van der Waals surface area contributed by atoms with Gasteiger partial charge in [-0.2, -0.15) is 0 Å². The van der Waals surface area contributed by atoms with E-state index in [4.69, 9.17) is 4.74 Å². The van der Waals surface area contributed by atoms with Crippen LogP contribution in [0.1, 0.15) is 31.2 Å². The van der Waals surface area contributed by atoms with Gasteiger partial charge in [0.05, 0.1) is 6.54 Å². The lowest BCUT2D eigenvalue weighted by Gasteiger charge is -2.38. The Morgan fingerprint density at radius 3 is 2.85 bits per heavy atom. The number of hydrogen-bond acceptors (Lipinski definition) is 4. The Bertz CT molecular complexity index is 707. The van der Waals surface area contributed by atoms with Crippen LogP contribution in [0, 0.1) is 0 Å². The molecule has 2 amide bonds. The lowest BCUT2D eigenvalue weighted by molar-refractivity contribution is -0.119. The van der Waals surface area contributed by atoms with Crippen molar-refractivity contribution in [3.63, 3.8) is 0 Å². The molecule has 6 nitrogen and oxygen atoms in total. The summed E-state index contributed by atoms with van der Waals surface area (Å²) in [5.41, 5.74) is 1.96. The summed E-state index contributed by atoms with van der Waals surface area (Å²) in [5.74, 6) is 0.192. The lowest BCUT2D eigenvalue weighted by atomic mass is 9.92. The second kappa shape index (κ2) is 6.91. The summed E-state index contributed by atoms with van der Waals surface area (Å²) in [4.78, 5) is 30.5. The van der Waals surface area contributed by atoms with E-state index in [0.29, 0.717) is 13.0 Å². The molecule has 1 atom stereocenters. The van der Waals surface area contributed by atoms with Crippen LogP contribution in [0.3, 0.4) is 0 Å². The zero-order chi connectivity index (χ0) is 18.1. The number of para-hydroxylation sites is 1. The predicted molar refractivity (Wildman–Crippen MR) is 99.2 cm³/mol. The highest BCUT2D eigenvalue weighted by molar-refractivity contribution is 5.94. The highest BCUT2D eigenvalue weighted by Gasteiger charge is 2.46. The van der Waals surface area contributed by atoms with Crippen molar-refractivity contribution < 1.29 is 14.3 Å². The summed E-state index contributed by atoms with van der Waals surface area (Å²) in [6.45, 7) is 3.87. The van der Waals surface area contributed by atoms with Gasteiger partial charge in [-0.25, -0.2) is 4.79 Å². The van der Waals surface area contributed by atoms with Gasteiger partial charge in [0.25, 0.3) is 0 Å². The number of amides is 2. The number of carbonyl (C=O) groups is 2. The Labute approximate surface area is 154 Å². The van der Waals surface area contributed by atoms with Gasteiger partial charge in [0, 0.05) is 38.8 Å². The van der Waals surface area contributed by atoms with Crippen LogP contribution in [0.2, 0.25) is 0 Å². The molecule has 3 aliphatic rings. The van der Waals surface area contributed by atoms with Crippen LogP contribution in [0.25, 0.3) is 0 Å². The van der Waals surface area contributed by atoms with Gasteiger partial charge in [-0.05, 0) is 43.9 Å². The zero-order valence-corrected chi connectivity index (χ0v) is 15.4. The quantitative estimate of drug-likeness (QED) is 0.833. The fourth-order valence-corrected chi connectivity index (χ4v) is 4.57. The number of benzene rings is 1. The minimum atomic E-state index is -0.384. The molecule has 3 aliphatic heterocycles. The molecule has 6 heteroatoms. The van der Waals surface area contributed by atoms with Crippen LogP contribution in [-0.2, 0) is 16.0 Å². The van der Waals surface area contributed by atoms with E-state index in [1.165, 1.54) is 5.56 Å². The summed E-state index contributed by atoms with van der Waals surface area (Å²) < 4.78 is 5.65. The summed E-state index contributed by atoms with van der Waals surface area (Å²) in [5, 5.41) is 0. The average Bonchev–Trinajstić information content (AvgIpc) is 2.92. The predicted octanol–water partition coefficient (Wildman–Crippen LogP) is 2.27. The van der Waals surface area contributed by atoms with Crippen molar-refractivity contribution in [3.05, 3.63) is 29.8 Å². The zero-order valence-electron chi connectivity index (χ0n) is 15.4. The fourth-order valence-electron chi connectivity index (χ4n) is 4.57. The van der Waals surface area contributed by atoms with E-state index < -0.39 is 0 Å². The van der Waals surface area contributed by atoms with Crippen molar-refractivity contribution in [2.45, 2.75) is 37.7 Å². The first-order chi connectivity index (χ1) is 12.6. The van der Waals surface area contributed by atoms with E-state index in [9.17, 15) is 9.59 Å². The van der Waals surface area contributed by atoms with Crippen molar-refractivity contribution in [3.8, 4) is 0 Å². The van der Waals surface area contributed by atoms with Crippen molar-refractivity contribution in [2.75, 3.05) is 44.7 Å². The normalized spacial score (nSPS) is 26.1. The maximum atomic E-state index is 12.8. The molecule has 0 radical (unpaired) electrons. The van der Waals surface area contributed by atoms with E-state index in [-0.39, 0.29) is 17.6 Å². The van der Waals surface area contributed by atoms with E-state index in [1.54, 1.807) is 11.9 Å². The lowest BCUT2D eigenvalue weighted by Crippen LogP contribution is -2.51. The summed E-state index contributed by atoms with van der Waals surface area (Å²) in [6, 6.07) is 8.22. The number of nitrogens with zero attached hydrogens (tertiary/aromatic N) is 3. The number of rotatable bonds is 3. The first-order valence-corrected chi connectivity index (χ1v) is 9.61. The van der Waals surface area contributed by atoms with Gasteiger partial charge in [-0.15, -0.1) is 0 Å². The minimum Gasteiger partial charge on any atom is -0.440 e. The largest absolute Gasteiger partial charge is 0.440 e. The minimum absolute atomic E-state index is 0.192. The van der Waals surface area contributed by atoms with Gasteiger partial charge < -0.3 is 14.5 Å². The summed E-state index contributed by atoms with van der Waals surface area (Å²) in [6.07, 6.45) is 4.27. The molecular formula is C20H27N3O3. The molecule has 0 aromatic heterocycles. The summed E-state index contributed by atoms with van der Waals surface area (Å²) >= 11 is 0. The SMILES string of the molecule is CN1C[C@@]2(CCCN(CCC(=O)N3CCCc4ccccc43)C2)OC1=O. The first kappa shape index (κ1) is 17.3. The molecule has 26 heavy (non-hydrogen) atoms. The van der Waals surface area contributed by atoms with Crippen LogP contribution in [0.15, 0.2) is 24.3 Å². The molecule has 1 aromatic carbocycles. The maximum absolute atomic E-state index is 12.8. The van der Waals surface area contributed by atoms with Crippen molar-refractivity contribution in [2.24, 2.45) is 0 Å². The molecule has 140 valence electrons. The first-order valence-electron chi connectivity index (χ1n) is 9.61. The molecular weight excluding hydrogens is 330 g/mol. The molecule has 1 aromatic rings. The number of likely N-dealkylation sites (N-methyl/N-ethyl adjacent to an activating group) is 1. The Hall–Kier alpha value is -2.08. The number of hydrogen-bond donors (Lipinski definition) is 0. The van der Waals surface area contributed by atoms with E-state index >= 15 is 0 Å². The van der Waals surface area contributed by atoms with E-state index in [0.717, 1.165) is 57.5 Å². The van der Waals surface area contributed by atoms with Crippen molar-refractivity contribution >= 4 is 17.7 Å². The molecule has 0 aliphatic carbocycles. The molecule has 0 bridgehead atoms. The molecule has 2 saturated heterocycles. The highest BCUT2D eigenvalue weighted by Crippen LogP contribution is 2.32. The van der Waals surface area contributed by atoms with Crippen LogP contribution < -0.4 is 4.90 Å². The number of piperidine rings is 1. The summed E-state index contributed by atoms with van der Waals surface area (Å²) in [7, 11) is 1.79. The fraction of sp³-hybridized carbons (Fsp3) is 0.600. The van der Waals surface area contributed by atoms with E-state index in [2.05, 4.69) is 17.0 Å². The molecule has 0 N–H and O–H groups in total. The monoisotopic (exact) mass is 357 g/mol. The smallest absolute Gasteiger partial charge is 0.410 e. The van der Waals surface area contributed by atoms with Gasteiger partial charge >= 0.3 is 6.09 Å². The third-order valence-corrected chi connectivity index (χ3v) is 5.81. The van der Waals surface area contributed by atoms with Crippen LogP contribution in [-0.4, -0.2) is 67.2 Å². The Balaban J connectivity index is 1.36. The molecule has 4 rings (SSSR count). The van der Waals surface area contributed by atoms with Crippen LogP contribution in [0.5, 0.6) is 0 Å². The van der Waals surface area contributed by atoms with Crippen molar-refractivity contribution in [1.82, 2.24) is 9.80 Å². The molecule has 0 unspecified atom stereocenters. The third-order valence-electron chi connectivity index (χ3n) is 5.81. The van der Waals surface area contributed by atoms with Crippen molar-refractivity contribution in [1.29, 1.82) is 0 Å². The third kappa shape index (κ3) is 3.30. The average molecular weight is 357 g/mol. The van der Waals surface area contributed by atoms with E-state index in [1.807, 2.05) is 17.0 Å². The van der Waals surface area contributed by atoms with Gasteiger partial charge in [0.1, 0.15) is 5.60 Å². The number of anilines is 1. The molecule has 0 saturated carbocycles. The van der Waals surface area contributed by atoms with Gasteiger partial charge in [-0.3, -0.25) is 9.69 Å². The van der Waals surface area contributed by atoms with Crippen LogP contribution >= 0.6 is 0 Å². The Kier molecular flexibility index (Phi) is 4.61. The second-order valence-electron chi connectivity index (χ2n) is 7.81. The number of aryl methyl sites for hydroxylation is 1. The van der Waals surface area contributed by atoms with Gasteiger partial charge in [0.15, 0.2) is 0 Å². The Morgan fingerprint density at radius 2 is 2.04 bits per heavy atom. The molecule has 2 fully saturated rings. The second-order valence-corrected chi connectivity index (χ2v) is 7.81. The van der Waals surface area contributed by atoms with Gasteiger partial charge in [-0.1, -0.05) is 18.2 Å². The Morgan fingerprint density at radius 1 is 1.19 bits per heavy atom. The topological polar surface area (TPSA) is 53.1 Å². The maximum Gasteiger partial charge on any atom is 0.410 e.